The maximum Gasteiger partial charge on any atom is 0.133 e. The van der Waals surface area contributed by atoms with Crippen molar-refractivity contribution >= 4 is 11.5 Å². The van der Waals surface area contributed by atoms with Crippen molar-refractivity contribution in [3.8, 4) is 0 Å². The van der Waals surface area contributed by atoms with E-state index in [0.29, 0.717) is 11.5 Å². The van der Waals surface area contributed by atoms with Crippen LogP contribution in [0.4, 0.5) is 15.9 Å². The third-order valence-electron chi connectivity index (χ3n) is 2.79. The summed E-state index contributed by atoms with van der Waals surface area (Å²) in [4.78, 5) is 5.99. The molecule has 1 N–H and O–H groups in total. The van der Waals surface area contributed by atoms with Gasteiger partial charge in [-0.2, -0.15) is 0 Å². The van der Waals surface area contributed by atoms with Crippen LogP contribution in [0.15, 0.2) is 42.6 Å². The predicted octanol–water partition coefficient (Wildman–Crippen LogP) is 3.04. The van der Waals surface area contributed by atoms with Gasteiger partial charge in [-0.25, -0.2) is 9.37 Å². The largest absolute Gasteiger partial charge is 0.389 e. The second-order valence-electron chi connectivity index (χ2n) is 4.16. The Morgan fingerprint density at radius 1 is 1.28 bits per heavy atom. The average Bonchev–Trinajstić information content (AvgIpc) is 2.38. The molecule has 0 spiro atoms. The standard InChI is InChI=1S/C14H15FN2O/c1-10(18)11-6-7-16-14(8-11)17(2)13-5-3-4-12(15)9-13/h3-10,18H,1-2H3/t10-/m0/s1. The van der Waals surface area contributed by atoms with E-state index in [1.165, 1.54) is 12.1 Å². The summed E-state index contributed by atoms with van der Waals surface area (Å²) in [5.74, 6) is 0.380. The fourth-order valence-electron chi connectivity index (χ4n) is 1.69. The minimum Gasteiger partial charge on any atom is -0.389 e. The molecule has 1 atom stereocenters. The zero-order valence-electron chi connectivity index (χ0n) is 10.3. The Labute approximate surface area is 106 Å². The van der Waals surface area contributed by atoms with Gasteiger partial charge in [-0.05, 0) is 42.8 Å². The van der Waals surface area contributed by atoms with E-state index in [0.717, 1.165) is 5.56 Å². The molecular formula is C14H15FN2O. The molecule has 0 saturated carbocycles. The molecule has 0 saturated heterocycles. The highest BCUT2D eigenvalue weighted by Gasteiger charge is 2.08. The highest BCUT2D eigenvalue weighted by Crippen LogP contribution is 2.24. The van der Waals surface area contributed by atoms with E-state index in [1.54, 1.807) is 42.3 Å². The number of anilines is 2. The number of nitrogens with zero attached hydrogens (tertiary/aromatic N) is 2. The number of aliphatic hydroxyl groups is 1. The second kappa shape index (κ2) is 5.14. The summed E-state index contributed by atoms with van der Waals surface area (Å²) in [6.07, 6.45) is 1.08. The number of rotatable bonds is 3. The normalized spacial score (nSPS) is 12.2. The van der Waals surface area contributed by atoms with E-state index >= 15 is 0 Å². The van der Waals surface area contributed by atoms with Gasteiger partial charge in [0.1, 0.15) is 11.6 Å². The van der Waals surface area contributed by atoms with E-state index in [-0.39, 0.29) is 5.82 Å². The summed E-state index contributed by atoms with van der Waals surface area (Å²) >= 11 is 0. The van der Waals surface area contributed by atoms with Crippen LogP contribution in [0, 0.1) is 5.82 Å². The lowest BCUT2D eigenvalue weighted by atomic mass is 10.1. The van der Waals surface area contributed by atoms with E-state index in [4.69, 9.17) is 0 Å². The van der Waals surface area contributed by atoms with Crippen molar-refractivity contribution in [3.05, 3.63) is 54.0 Å². The molecule has 0 unspecified atom stereocenters. The second-order valence-corrected chi connectivity index (χ2v) is 4.16. The Hall–Kier alpha value is -1.94. The van der Waals surface area contributed by atoms with Gasteiger partial charge in [-0.15, -0.1) is 0 Å². The number of hydrogen-bond donors (Lipinski definition) is 1. The van der Waals surface area contributed by atoms with Crippen LogP contribution in [-0.4, -0.2) is 17.1 Å². The third kappa shape index (κ3) is 2.65. The van der Waals surface area contributed by atoms with Crippen LogP contribution in [0.5, 0.6) is 0 Å². The van der Waals surface area contributed by atoms with Crippen molar-refractivity contribution < 1.29 is 9.50 Å². The minimum atomic E-state index is -0.548. The molecule has 0 amide bonds. The maximum atomic E-state index is 13.2. The molecule has 2 aromatic rings. The third-order valence-corrected chi connectivity index (χ3v) is 2.79. The van der Waals surface area contributed by atoms with Gasteiger partial charge in [0, 0.05) is 18.9 Å². The summed E-state index contributed by atoms with van der Waals surface area (Å²) in [7, 11) is 1.81. The molecule has 0 aliphatic carbocycles. The Balaban J connectivity index is 2.33. The average molecular weight is 246 g/mol. The first kappa shape index (κ1) is 12.5. The Morgan fingerprint density at radius 2 is 2.06 bits per heavy atom. The van der Waals surface area contributed by atoms with Gasteiger partial charge < -0.3 is 10.0 Å². The number of pyridine rings is 1. The number of aliphatic hydroxyl groups excluding tert-OH is 1. The Kier molecular flexibility index (Phi) is 3.58. The first-order chi connectivity index (χ1) is 8.58. The lowest BCUT2D eigenvalue weighted by Gasteiger charge is -2.19. The summed E-state index contributed by atoms with van der Waals surface area (Å²) in [5.41, 5.74) is 1.49. The molecule has 0 radical (unpaired) electrons. The fourth-order valence-corrected chi connectivity index (χ4v) is 1.69. The van der Waals surface area contributed by atoms with Gasteiger partial charge in [-0.3, -0.25) is 0 Å². The van der Waals surface area contributed by atoms with Gasteiger partial charge in [0.25, 0.3) is 0 Å². The van der Waals surface area contributed by atoms with Crippen LogP contribution in [0.1, 0.15) is 18.6 Å². The van der Waals surface area contributed by atoms with Crippen molar-refractivity contribution in [1.29, 1.82) is 0 Å². The summed E-state index contributed by atoms with van der Waals surface area (Å²) in [6, 6.07) is 9.84. The number of halogens is 1. The number of hydrogen-bond acceptors (Lipinski definition) is 3. The van der Waals surface area contributed by atoms with Crippen molar-refractivity contribution in [2.24, 2.45) is 0 Å². The van der Waals surface area contributed by atoms with E-state index in [9.17, 15) is 9.50 Å². The highest BCUT2D eigenvalue weighted by molar-refractivity contribution is 5.59. The number of aromatic nitrogens is 1. The maximum absolute atomic E-state index is 13.2. The van der Waals surface area contributed by atoms with Gasteiger partial charge in [0.15, 0.2) is 0 Å². The first-order valence-electron chi connectivity index (χ1n) is 5.71. The molecule has 18 heavy (non-hydrogen) atoms. The van der Waals surface area contributed by atoms with Crippen LogP contribution < -0.4 is 4.90 Å². The van der Waals surface area contributed by atoms with Gasteiger partial charge in [0.2, 0.25) is 0 Å². The van der Waals surface area contributed by atoms with Crippen LogP contribution >= 0.6 is 0 Å². The molecule has 1 aromatic carbocycles. The van der Waals surface area contributed by atoms with Crippen LogP contribution in [0.2, 0.25) is 0 Å². The van der Waals surface area contributed by atoms with Crippen molar-refractivity contribution in [2.45, 2.75) is 13.0 Å². The molecule has 1 heterocycles. The van der Waals surface area contributed by atoms with Crippen LogP contribution in [-0.2, 0) is 0 Å². The predicted molar refractivity (Wildman–Crippen MR) is 69.3 cm³/mol. The monoisotopic (exact) mass is 246 g/mol. The van der Waals surface area contributed by atoms with Crippen LogP contribution in [0.25, 0.3) is 0 Å². The molecular weight excluding hydrogens is 231 g/mol. The summed E-state index contributed by atoms with van der Waals surface area (Å²) in [6.45, 7) is 1.70. The molecule has 0 bridgehead atoms. The molecule has 1 aromatic heterocycles. The van der Waals surface area contributed by atoms with Crippen LogP contribution in [0.3, 0.4) is 0 Å². The molecule has 0 aliphatic heterocycles. The summed E-state index contributed by atoms with van der Waals surface area (Å²) < 4.78 is 13.2. The zero-order chi connectivity index (χ0) is 13.1. The molecule has 0 aliphatic rings. The zero-order valence-corrected chi connectivity index (χ0v) is 10.3. The number of benzene rings is 1. The van der Waals surface area contributed by atoms with Crippen molar-refractivity contribution in [2.75, 3.05) is 11.9 Å². The SMILES string of the molecule is C[C@H](O)c1ccnc(N(C)c2cccc(F)c2)c1. The minimum absolute atomic E-state index is 0.286. The lowest BCUT2D eigenvalue weighted by molar-refractivity contribution is 0.199. The molecule has 3 nitrogen and oxygen atoms in total. The highest BCUT2D eigenvalue weighted by atomic mass is 19.1. The van der Waals surface area contributed by atoms with Gasteiger partial charge in [0.05, 0.1) is 6.10 Å². The van der Waals surface area contributed by atoms with Gasteiger partial charge >= 0.3 is 0 Å². The van der Waals surface area contributed by atoms with E-state index < -0.39 is 6.10 Å². The fraction of sp³-hybridized carbons (Fsp3) is 0.214. The smallest absolute Gasteiger partial charge is 0.133 e. The first-order valence-corrected chi connectivity index (χ1v) is 5.71. The molecule has 0 fully saturated rings. The molecule has 2 rings (SSSR count). The topological polar surface area (TPSA) is 36.4 Å². The molecule has 4 heteroatoms. The van der Waals surface area contributed by atoms with Crippen molar-refractivity contribution in [1.82, 2.24) is 4.98 Å². The summed E-state index contributed by atoms with van der Waals surface area (Å²) in [5, 5.41) is 9.54. The van der Waals surface area contributed by atoms with E-state index in [2.05, 4.69) is 4.98 Å². The van der Waals surface area contributed by atoms with Gasteiger partial charge in [-0.1, -0.05) is 6.07 Å². The quantitative estimate of drug-likeness (QED) is 0.904. The van der Waals surface area contributed by atoms with Crippen molar-refractivity contribution in [3.63, 3.8) is 0 Å². The lowest BCUT2D eigenvalue weighted by Crippen LogP contribution is -2.11. The van der Waals surface area contributed by atoms with E-state index in [1.807, 2.05) is 7.05 Å². The Bertz CT molecular complexity index is 543. The molecule has 94 valence electrons. The Morgan fingerprint density at radius 3 is 2.72 bits per heavy atom.